The highest BCUT2D eigenvalue weighted by Gasteiger charge is 2.51. The van der Waals surface area contributed by atoms with Crippen molar-refractivity contribution in [1.29, 1.82) is 0 Å². The van der Waals surface area contributed by atoms with E-state index in [1.807, 2.05) is 13.8 Å². The first-order chi connectivity index (χ1) is 30.5. The maximum absolute atomic E-state index is 14.8. The number of piperidine rings is 1. The van der Waals surface area contributed by atoms with Crippen molar-refractivity contribution in [3.05, 3.63) is 58.0 Å². The lowest BCUT2D eigenvalue weighted by atomic mass is 9.78. The zero-order valence-electron chi connectivity index (χ0n) is 40.1. The minimum Gasteiger partial charge on any atom is -0.507 e. The van der Waals surface area contributed by atoms with Crippen LogP contribution < -0.4 is 20.8 Å². The van der Waals surface area contributed by atoms with Gasteiger partial charge in [-0.1, -0.05) is 59.8 Å². The number of likely N-dealkylation sites (tertiary alicyclic amines) is 1. The number of rotatable bonds is 5. The number of aromatic hydroxyl groups is 2. The van der Waals surface area contributed by atoms with Gasteiger partial charge in [0, 0.05) is 99.8 Å². The Morgan fingerprint density at radius 3 is 2.25 bits per heavy atom. The van der Waals surface area contributed by atoms with E-state index in [-0.39, 0.29) is 55.7 Å². The van der Waals surface area contributed by atoms with Crippen molar-refractivity contribution in [3.63, 3.8) is 0 Å². The topological polar surface area (TPSA) is 212 Å². The molecule has 2 aromatic carbocycles. The first-order valence-electron chi connectivity index (χ1n) is 22.8. The van der Waals surface area contributed by atoms with E-state index in [0.717, 1.165) is 19.6 Å². The normalized spacial score (nSPS) is 31.4. The van der Waals surface area contributed by atoms with Crippen LogP contribution in [-0.2, 0) is 19.0 Å². The van der Waals surface area contributed by atoms with Crippen LogP contribution in [0.1, 0.15) is 98.0 Å². The number of methoxy groups -OCH3 is 1. The number of allylic oxidation sites excluding steroid dienone is 2. The fourth-order valence-electron chi connectivity index (χ4n) is 9.46. The van der Waals surface area contributed by atoms with Crippen LogP contribution in [0.5, 0.6) is 17.2 Å². The number of aliphatic hydroxyl groups excluding tert-OH is 2. The molecule has 4 aliphatic heterocycles. The highest BCUT2D eigenvalue weighted by atomic mass is 16.7. The van der Waals surface area contributed by atoms with Gasteiger partial charge in [-0.2, -0.15) is 0 Å². The molecule has 0 saturated carbocycles. The molecule has 2 aromatic rings. The molecule has 0 unspecified atom stereocenters. The third kappa shape index (κ3) is 9.36. The number of aliphatic hydroxyl groups is 2. The lowest BCUT2D eigenvalue weighted by Crippen LogP contribution is -2.48. The number of nitrogens with zero attached hydrogens (tertiary/aromatic N) is 4. The highest BCUT2D eigenvalue weighted by molar-refractivity contribution is 6.21. The number of hydrogen-bond donors (Lipinski definition) is 5. The van der Waals surface area contributed by atoms with E-state index in [2.05, 4.69) is 29.1 Å². The number of phenolic OH excluding ortho intramolecular Hbond substituents is 2. The molecule has 4 aliphatic rings. The van der Waals surface area contributed by atoms with Gasteiger partial charge >= 0.3 is 11.9 Å². The Kier molecular flexibility index (Phi) is 14.5. The van der Waals surface area contributed by atoms with Crippen molar-refractivity contribution < 1.29 is 53.8 Å². The second kappa shape index (κ2) is 19.1. The minimum atomic E-state index is -1.97. The third-order valence-electron chi connectivity index (χ3n) is 13.9. The predicted molar refractivity (Wildman–Crippen MR) is 245 cm³/mol. The Morgan fingerprint density at radius 1 is 0.969 bits per heavy atom. The minimum absolute atomic E-state index is 0.0504. The molecule has 0 radical (unpaired) electrons. The van der Waals surface area contributed by atoms with Gasteiger partial charge in [0.15, 0.2) is 5.75 Å². The molecule has 65 heavy (non-hydrogen) atoms. The zero-order chi connectivity index (χ0) is 48.0. The summed E-state index contributed by atoms with van der Waals surface area (Å²) in [5.74, 6) is -6.17. The molecule has 1 spiro atoms. The second-order valence-corrected chi connectivity index (χ2v) is 19.5. The Hall–Kier alpha value is -5.03. The first-order valence-corrected chi connectivity index (χ1v) is 22.8. The first kappa shape index (κ1) is 49.4. The summed E-state index contributed by atoms with van der Waals surface area (Å²) in [6.45, 7) is 22.0. The summed E-state index contributed by atoms with van der Waals surface area (Å²) >= 11 is 0. The van der Waals surface area contributed by atoms with Crippen molar-refractivity contribution in [2.45, 2.75) is 131 Å². The lowest BCUT2D eigenvalue weighted by Gasteiger charge is -2.39. The van der Waals surface area contributed by atoms with Gasteiger partial charge in [-0.15, -0.1) is 0 Å². The molecule has 2 amide bonds. The number of hydrogen-bond acceptors (Lipinski definition) is 14. The molecule has 0 aliphatic carbocycles. The van der Waals surface area contributed by atoms with Crippen LogP contribution >= 0.6 is 0 Å². The van der Waals surface area contributed by atoms with Crippen molar-refractivity contribution in [3.8, 4) is 17.2 Å². The lowest BCUT2D eigenvalue weighted by molar-refractivity contribution is -0.114. The molecule has 356 valence electrons. The van der Waals surface area contributed by atoms with Crippen molar-refractivity contribution in [2.75, 3.05) is 39.1 Å². The molecule has 16 heteroatoms. The second-order valence-electron chi connectivity index (χ2n) is 19.5. The van der Waals surface area contributed by atoms with Gasteiger partial charge < -0.3 is 54.5 Å². The van der Waals surface area contributed by atoms with Crippen molar-refractivity contribution >= 4 is 34.2 Å². The van der Waals surface area contributed by atoms with Gasteiger partial charge in [0.25, 0.3) is 11.7 Å². The van der Waals surface area contributed by atoms with Crippen LogP contribution in [0.15, 0.2) is 46.1 Å². The number of Topliss-reactive ketones (excluding diaryl/α,β-unsaturated/α-hetero) is 1. The van der Waals surface area contributed by atoms with E-state index in [9.17, 15) is 34.8 Å². The van der Waals surface area contributed by atoms with Crippen LogP contribution in [0.4, 0.5) is 10.5 Å². The van der Waals surface area contributed by atoms with Crippen LogP contribution in [0, 0.1) is 36.5 Å². The highest BCUT2D eigenvalue weighted by Crippen LogP contribution is 2.51. The number of ether oxygens (including phenoxy) is 4. The Labute approximate surface area is 381 Å². The van der Waals surface area contributed by atoms with Crippen LogP contribution in [0.3, 0.4) is 0 Å². The molecular weight excluding hydrogens is 835 g/mol. The Morgan fingerprint density at radius 2 is 1.63 bits per heavy atom. The Bertz CT molecular complexity index is 2400. The van der Waals surface area contributed by atoms with Crippen LogP contribution in [-0.4, -0.2) is 124 Å². The van der Waals surface area contributed by atoms with E-state index < -0.39 is 83.1 Å². The molecule has 6 rings (SSSR count). The molecule has 1 fully saturated rings. The molecule has 4 heterocycles. The number of carbonyl (C=O) groups is 3. The maximum Gasteiger partial charge on any atom is 0.410 e. The van der Waals surface area contributed by atoms with Gasteiger partial charge in [0.2, 0.25) is 0 Å². The number of ketones is 1. The maximum atomic E-state index is 14.8. The zero-order valence-corrected chi connectivity index (χ0v) is 40.1. The van der Waals surface area contributed by atoms with Crippen LogP contribution in [0.2, 0.25) is 0 Å². The quantitative estimate of drug-likeness (QED) is 0.230. The molecule has 4 bridgehead atoms. The summed E-state index contributed by atoms with van der Waals surface area (Å²) in [5, 5.41) is 51.0. The summed E-state index contributed by atoms with van der Waals surface area (Å²) in [6, 6.07) is -0.183. The fourth-order valence-corrected chi connectivity index (χ4v) is 9.46. The van der Waals surface area contributed by atoms with Gasteiger partial charge in [-0.25, -0.2) is 9.79 Å². The van der Waals surface area contributed by atoms with Crippen molar-refractivity contribution in [2.24, 2.45) is 39.6 Å². The average molecular weight is 904 g/mol. The average Bonchev–Trinajstić information content (AvgIpc) is 3.76. The largest absolute Gasteiger partial charge is 0.507 e. The summed E-state index contributed by atoms with van der Waals surface area (Å²) in [4.78, 5) is 55.6. The van der Waals surface area contributed by atoms with E-state index in [1.54, 1.807) is 72.9 Å². The number of carbonyl (C=O) groups excluding carboxylic acids is 3. The number of benzene rings is 2. The predicted octanol–water partition coefficient (Wildman–Crippen LogP) is 5.66. The monoisotopic (exact) mass is 903 g/mol. The number of anilines is 1. The van der Waals surface area contributed by atoms with Gasteiger partial charge in [0.05, 0.1) is 41.2 Å². The number of amides is 2. The number of phenols is 2. The number of nitrogens with one attached hydrogen (secondary N) is 1. The molecule has 0 aromatic heterocycles. The number of fused-ring (bicyclic) bond motifs is 1. The summed E-state index contributed by atoms with van der Waals surface area (Å²) < 4.78 is 24.5. The molecule has 5 N–H and O–H groups in total. The van der Waals surface area contributed by atoms with E-state index >= 15 is 0 Å². The summed E-state index contributed by atoms with van der Waals surface area (Å²) in [6.07, 6.45) is 4.33. The fraction of sp³-hybridized carbons (Fsp3) is 0.612. The SMILES string of the molecule is CO[C@H]1/C=C/O[C@@]2(C)Oc3c(C)c(O)c4c(O)c(c5c(c4c3C2=O)NC2(CCN(CC(C)C)CC2)N=5)=NC(=O)/C(C)=C\C=C\[C@H](C)[C@H](O)[C@@H](C)[C@@H](O)[C@@H](C)[C@H](OC(=O)N(C)C(C)C)[C@@H]1C. The van der Waals surface area contributed by atoms with Gasteiger partial charge in [0.1, 0.15) is 34.0 Å². The van der Waals surface area contributed by atoms with Gasteiger partial charge in [-0.3, -0.25) is 14.6 Å². The smallest absolute Gasteiger partial charge is 0.410 e. The standard InChI is InChI=1S/C49H69N5O11/c1-24(2)23-54-20-18-49(19-21-54)51-36-33-34-41(57)31(10)44-35(33)45(59)48(11,65-44)63-22-17-32(62-13)28(7)43(64-47(61)53(12)25(3)4)30(9)40(56)29(8)39(55)26(5)15-14-16-27(6)46(60)50-38(42(34)58)37(36)52-49/h14-17,22,24-26,28-30,32,39-40,43,51,55-58H,18-21,23H2,1-13H3/b15-14+,22-17+,27-16-,50-38?/t26-,28+,29+,30+,32-,39-,40+,43+,48-/m0/s1. The molecular formula is C49H69N5O11. The van der Waals surface area contributed by atoms with Crippen molar-refractivity contribution in [1.82, 2.24) is 9.80 Å². The van der Waals surface area contributed by atoms with E-state index in [1.165, 1.54) is 25.2 Å². The molecule has 16 nitrogen and oxygen atoms in total. The molecule has 1 saturated heterocycles. The van der Waals surface area contributed by atoms with E-state index in [4.69, 9.17) is 23.9 Å². The summed E-state index contributed by atoms with van der Waals surface area (Å²) in [5.41, 5.74) is -0.131. The molecule has 9 atom stereocenters. The van der Waals surface area contributed by atoms with Crippen LogP contribution in [0.25, 0.3) is 10.8 Å². The summed E-state index contributed by atoms with van der Waals surface area (Å²) in [7, 11) is 3.10. The Balaban J connectivity index is 1.53. The van der Waals surface area contributed by atoms with Gasteiger partial charge in [-0.05, 0) is 39.7 Å². The van der Waals surface area contributed by atoms with E-state index in [0.29, 0.717) is 24.4 Å². The third-order valence-corrected chi connectivity index (χ3v) is 13.9.